The molecule has 0 aliphatic carbocycles. The van der Waals surface area contributed by atoms with Crippen molar-refractivity contribution in [2.24, 2.45) is 0 Å². The van der Waals surface area contributed by atoms with Gasteiger partial charge in [-0.25, -0.2) is 4.39 Å². The van der Waals surface area contributed by atoms with Crippen molar-refractivity contribution in [2.45, 2.75) is 17.8 Å². The highest BCUT2D eigenvalue weighted by Crippen LogP contribution is 2.21. The Morgan fingerprint density at radius 3 is 2.80 bits per heavy atom. The van der Waals surface area contributed by atoms with Crippen LogP contribution in [0.2, 0.25) is 0 Å². The van der Waals surface area contributed by atoms with Gasteiger partial charge >= 0.3 is 0 Å². The molecule has 1 aromatic carbocycles. The van der Waals surface area contributed by atoms with Crippen molar-refractivity contribution in [3.8, 4) is 0 Å². The third kappa shape index (κ3) is 2.20. The summed E-state index contributed by atoms with van der Waals surface area (Å²) in [5, 5.41) is 0. The predicted molar refractivity (Wildman–Crippen MR) is 59.1 cm³/mol. The molecule has 1 atom stereocenters. The van der Waals surface area contributed by atoms with Crippen LogP contribution in [-0.4, -0.2) is 22.2 Å². The standard InChI is InChI=1S/C11H11BrFNO/c12-9-5-6-14(11(9)15)7-8-3-1-2-4-10(8)13/h1-4,9H,5-7H2/t9-/m0/s1. The maximum Gasteiger partial charge on any atom is 0.236 e. The minimum Gasteiger partial charge on any atom is -0.337 e. The normalized spacial score (nSPS) is 21.1. The predicted octanol–water partition coefficient (Wildman–Crippen LogP) is 2.32. The Balaban J connectivity index is 2.10. The van der Waals surface area contributed by atoms with E-state index in [2.05, 4.69) is 15.9 Å². The van der Waals surface area contributed by atoms with E-state index >= 15 is 0 Å². The van der Waals surface area contributed by atoms with E-state index in [1.165, 1.54) is 6.07 Å². The molecule has 0 bridgehead atoms. The fourth-order valence-electron chi connectivity index (χ4n) is 1.69. The van der Waals surface area contributed by atoms with E-state index in [0.717, 1.165) is 6.42 Å². The van der Waals surface area contributed by atoms with Crippen molar-refractivity contribution in [2.75, 3.05) is 6.54 Å². The maximum absolute atomic E-state index is 13.3. The van der Waals surface area contributed by atoms with Gasteiger partial charge in [-0.1, -0.05) is 34.1 Å². The lowest BCUT2D eigenvalue weighted by Gasteiger charge is -2.16. The van der Waals surface area contributed by atoms with Crippen LogP contribution >= 0.6 is 15.9 Å². The second-order valence-corrected chi connectivity index (χ2v) is 4.71. The number of amides is 1. The number of nitrogens with zero attached hydrogens (tertiary/aromatic N) is 1. The molecule has 0 N–H and O–H groups in total. The molecule has 1 aliphatic heterocycles. The van der Waals surface area contributed by atoms with Crippen LogP contribution in [0.3, 0.4) is 0 Å². The highest BCUT2D eigenvalue weighted by Gasteiger charge is 2.29. The lowest BCUT2D eigenvalue weighted by molar-refractivity contribution is -0.127. The zero-order valence-electron chi connectivity index (χ0n) is 8.12. The Labute approximate surface area is 96.2 Å². The summed E-state index contributed by atoms with van der Waals surface area (Å²) in [5.74, 6) is -0.193. The molecule has 0 spiro atoms. The molecular weight excluding hydrogens is 261 g/mol. The van der Waals surface area contributed by atoms with Gasteiger partial charge in [-0.05, 0) is 12.5 Å². The van der Waals surface area contributed by atoms with Crippen molar-refractivity contribution in [3.05, 3.63) is 35.6 Å². The quantitative estimate of drug-likeness (QED) is 0.757. The number of carbonyl (C=O) groups excluding carboxylic acids is 1. The van der Waals surface area contributed by atoms with Gasteiger partial charge in [0, 0.05) is 18.7 Å². The molecular formula is C11H11BrFNO. The Bertz CT molecular complexity index is 383. The van der Waals surface area contributed by atoms with Gasteiger partial charge in [0.05, 0.1) is 4.83 Å². The summed E-state index contributed by atoms with van der Waals surface area (Å²) in [6.07, 6.45) is 0.799. The molecule has 0 unspecified atom stereocenters. The minimum absolute atomic E-state index is 0.0539. The number of likely N-dealkylation sites (tertiary alicyclic amines) is 1. The van der Waals surface area contributed by atoms with Gasteiger partial charge in [0.25, 0.3) is 0 Å². The van der Waals surface area contributed by atoms with E-state index in [4.69, 9.17) is 0 Å². The second kappa shape index (κ2) is 4.31. The summed E-state index contributed by atoms with van der Waals surface area (Å²) in [7, 11) is 0. The van der Waals surface area contributed by atoms with Crippen LogP contribution in [0.15, 0.2) is 24.3 Å². The van der Waals surface area contributed by atoms with E-state index in [0.29, 0.717) is 18.7 Å². The topological polar surface area (TPSA) is 20.3 Å². The van der Waals surface area contributed by atoms with E-state index in [1.54, 1.807) is 23.1 Å². The molecule has 0 radical (unpaired) electrons. The van der Waals surface area contributed by atoms with Crippen LogP contribution < -0.4 is 0 Å². The lowest BCUT2D eigenvalue weighted by Crippen LogP contribution is -2.27. The van der Waals surface area contributed by atoms with Crippen molar-refractivity contribution in [3.63, 3.8) is 0 Å². The van der Waals surface area contributed by atoms with Gasteiger partial charge in [0.15, 0.2) is 0 Å². The Morgan fingerprint density at radius 1 is 1.47 bits per heavy atom. The molecule has 1 aliphatic rings. The fourth-order valence-corrected chi connectivity index (χ4v) is 2.18. The smallest absolute Gasteiger partial charge is 0.236 e. The van der Waals surface area contributed by atoms with E-state index in [1.807, 2.05) is 0 Å². The van der Waals surface area contributed by atoms with Crippen LogP contribution in [0.4, 0.5) is 4.39 Å². The van der Waals surface area contributed by atoms with Gasteiger partial charge in [0.1, 0.15) is 5.82 Å². The first-order chi connectivity index (χ1) is 7.18. The van der Waals surface area contributed by atoms with E-state index in [-0.39, 0.29) is 16.6 Å². The monoisotopic (exact) mass is 271 g/mol. The maximum atomic E-state index is 13.3. The van der Waals surface area contributed by atoms with Crippen molar-refractivity contribution in [1.82, 2.24) is 4.90 Å². The average molecular weight is 272 g/mol. The summed E-state index contributed by atoms with van der Waals surface area (Å²) in [6, 6.07) is 6.56. The highest BCUT2D eigenvalue weighted by molar-refractivity contribution is 9.10. The second-order valence-electron chi connectivity index (χ2n) is 3.61. The molecule has 0 aromatic heterocycles. The number of alkyl halides is 1. The van der Waals surface area contributed by atoms with Crippen LogP contribution in [-0.2, 0) is 11.3 Å². The first kappa shape index (κ1) is 10.6. The molecule has 2 nitrogen and oxygen atoms in total. The van der Waals surface area contributed by atoms with E-state index in [9.17, 15) is 9.18 Å². The van der Waals surface area contributed by atoms with Gasteiger partial charge in [0.2, 0.25) is 5.91 Å². The largest absolute Gasteiger partial charge is 0.337 e. The lowest BCUT2D eigenvalue weighted by atomic mass is 10.2. The Kier molecular flexibility index (Phi) is 3.05. The van der Waals surface area contributed by atoms with Gasteiger partial charge in [-0.15, -0.1) is 0 Å². The molecule has 1 fully saturated rings. The number of halogens is 2. The average Bonchev–Trinajstić information content (AvgIpc) is 2.53. The molecule has 80 valence electrons. The molecule has 1 heterocycles. The Hall–Kier alpha value is -0.900. The summed E-state index contributed by atoms with van der Waals surface area (Å²) in [4.78, 5) is 13.2. The van der Waals surface area contributed by atoms with Crippen molar-refractivity contribution < 1.29 is 9.18 Å². The van der Waals surface area contributed by atoms with Crippen LogP contribution in [0.5, 0.6) is 0 Å². The summed E-state index contributed by atoms with van der Waals surface area (Å²) in [6.45, 7) is 1.07. The van der Waals surface area contributed by atoms with Gasteiger partial charge in [-0.2, -0.15) is 0 Å². The first-order valence-corrected chi connectivity index (χ1v) is 5.76. The van der Waals surface area contributed by atoms with Crippen molar-refractivity contribution in [1.29, 1.82) is 0 Å². The fraction of sp³-hybridized carbons (Fsp3) is 0.364. The molecule has 1 saturated heterocycles. The number of benzene rings is 1. The van der Waals surface area contributed by atoms with E-state index < -0.39 is 0 Å². The van der Waals surface area contributed by atoms with Crippen molar-refractivity contribution >= 4 is 21.8 Å². The zero-order valence-corrected chi connectivity index (χ0v) is 9.71. The number of hydrogen-bond donors (Lipinski definition) is 0. The summed E-state index contributed by atoms with van der Waals surface area (Å²) in [5.41, 5.74) is 0.576. The van der Waals surface area contributed by atoms with Crippen LogP contribution in [0.1, 0.15) is 12.0 Å². The summed E-state index contributed by atoms with van der Waals surface area (Å²) >= 11 is 3.29. The third-order valence-electron chi connectivity index (χ3n) is 2.55. The SMILES string of the molecule is O=C1[C@@H](Br)CCN1Cc1ccccc1F. The first-order valence-electron chi connectivity index (χ1n) is 4.85. The summed E-state index contributed by atoms with van der Waals surface area (Å²) < 4.78 is 13.3. The number of carbonyl (C=O) groups is 1. The van der Waals surface area contributed by atoms with Crippen LogP contribution in [0, 0.1) is 5.82 Å². The number of hydrogen-bond acceptors (Lipinski definition) is 1. The molecule has 4 heteroatoms. The highest BCUT2D eigenvalue weighted by atomic mass is 79.9. The molecule has 15 heavy (non-hydrogen) atoms. The van der Waals surface area contributed by atoms with Gasteiger partial charge in [-0.3, -0.25) is 4.79 Å². The molecule has 1 aromatic rings. The zero-order chi connectivity index (χ0) is 10.8. The number of rotatable bonds is 2. The Morgan fingerprint density at radius 2 is 2.20 bits per heavy atom. The van der Waals surface area contributed by atoms with Crippen LogP contribution in [0.25, 0.3) is 0 Å². The molecule has 1 amide bonds. The molecule has 2 rings (SSSR count). The molecule has 0 saturated carbocycles. The third-order valence-corrected chi connectivity index (χ3v) is 3.40. The minimum atomic E-state index is -0.247. The van der Waals surface area contributed by atoms with Gasteiger partial charge < -0.3 is 4.90 Å².